The topological polar surface area (TPSA) is 48.4 Å². The van der Waals surface area contributed by atoms with Gasteiger partial charge in [-0.3, -0.25) is 0 Å². The minimum Gasteiger partial charge on any atom is -0.461 e. The second-order valence-electron chi connectivity index (χ2n) is 8.19. The molecule has 4 heteroatoms. The Morgan fingerprint density at radius 3 is 2.32 bits per heavy atom. The van der Waals surface area contributed by atoms with Crippen molar-refractivity contribution in [3.8, 4) is 0 Å². The molecule has 0 aliphatic heterocycles. The lowest BCUT2D eigenvalue weighted by atomic mass is 10.00. The van der Waals surface area contributed by atoms with Crippen molar-refractivity contribution >= 4 is 5.71 Å². The van der Waals surface area contributed by atoms with Crippen LogP contribution < -0.4 is 5.32 Å². The molecule has 160 valence electrons. The summed E-state index contributed by atoms with van der Waals surface area (Å²) in [6, 6.07) is 0.814. The van der Waals surface area contributed by atoms with Crippen LogP contribution in [-0.4, -0.2) is 36.3 Å². The van der Waals surface area contributed by atoms with Crippen LogP contribution in [0.4, 0.5) is 0 Å². The number of ether oxygens (including phenoxy) is 1. The van der Waals surface area contributed by atoms with Gasteiger partial charge in [0.15, 0.2) is 0 Å². The molecule has 0 bridgehead atoms. The van der Waals surface area contributed by atoms with Crippen molar-refractivity contribution in [3.05, 3.63) is 48.1 Å². The van der Waals surface area contributed by atoms with Crippen LogP contribution in [0.3, 0.4) is 0 Å². The summed E-state index contributed by atoms with van der Waals surface area (Å²) in [5.41, 5.74) is 1.77. The van der Waals surface area contributed by atoms with E-state index in [1.165, 1.54) is 5.57 Å². The summed E-state index contributed by atoms with van der Waals surface area (Å²) < 4.78 is 5.81. The van der Waals surface area contributed by atoms with Gasteiger partial charge in [-0.05, 0) is 71.7 Å². The molecule has 0 saturated carbocycles. The molecular formula is C24H43N3O. The Bertz CT molecular complexity index is 587. The zero-order valence-electron chi connectivity index (χ0n) is 19.6. The molecule has 3 unspecified atom stereocenters. The van der Waals surface area contributed by atoms with E-state index in [4.69, 9.17) is 10.1 Å². The average Bonchev–Trinajstić information content (AvgIpc) is 2.62. The minimum atomic E-state index is 0.105. The van der Waals surface area contributed by atoms with E-state index in [0.29, 0.717) is 29.5 Å². The number of allylic oxidation sites excluding steroid dienone is 4. The van der Waals surface area contributed by atoms with E-state index in [2.05, 4.69) is 76.8 Å². The first-order valence-electron chi connectivity index (χ1n) is 10.4. The van der Waals surface area contributed by atoms with Gasteiger partial charge in [0.2, 0.25) is 0 Å². The van der Waals surface area contributed by atoms with E-state index in [1.807, 2.05) is 26.8 Å². The van der Waals surface area contributed by atoms with Gasteiger partial charge in [-0.1, -0.05) is 32.6 Å². The number of hydrogen-bond acceptors (Lipinski definition) is 4. The second kappa shape index (κ2) is 13.4. The highest BCUT2D eigenvalue weighted by Crippen LogP contribution is 2.16. The van der Waals surface area contributed by atoms with Crippen LogP contribution in [-0.2, 0) is 4.74 Å². The smallest absolute Gasteiger partial charge is 0.140 e. The maximum Gasteiger partial charge on any atom is 0.140 e. The lowest BCUT2D eigenvalue weighted by Gasteiger charge is -2.23. The molecule has 0 radical (unpaired) electrons. The molecule has 0 aliphatic rings. The molecule has 0 aromatic carbocycles. The first-order chi connectivity index (χ1) is 13.0. The molecule has 0 spiro atoms. The van der Waals surface area contributed by atoms with Crippen molar-refractivity contribution < 1.29 is 4.74 Å². The first kappa shape index (κ1) is 26.2. The molecule has 0 saturated heterocycles. The molecule has 0 amide bonds. The van der Waals surface area contributed by atoms with Gasteiger partial charge in [-0.2, -0.15) is 0 Å². The molecule has 28 heavy (non-hydrogen) atoms. The van der Waals surface area contributed by atoms with Gasteiger partial charge in [-0.25, -0.2) is 0 Å². The SMILES string of the molecule is C=C(OC(C)=CC(C)C(C)NCC(C)=CN(C)C(C)C)C(=N)C(C)CC=CC. The van der Waals surface area contributed by atoms with Crippen LogP contribution in [0, 0.1) is 17.2 Å². The molecule has 0 aromatic heterocycles. The van der Waals surface area contributed by atoms with E-state index in [-0.39, 0.29) is 5.92 Å². The lowest BCUT2D eigenvalue weighted by Crippen LogP contribution is -2.33. The first-order valence-corrected chi connectivity index (χ1v) is 10.4. The van der Waals surface area contributed by atoms with Crippen molar-refractivity contribution in [1.29, 1.82) is 5.41 Å². The van der Waals surface area contributed by atoms with Gasteiger partial charge in [-0.15, -0.1) is 0 Å². The monoisotopic (exact) mass is 389 g/mol. The molecule has 2 N–H and O–H groups in total. The Kier molecular flexibility index (Phi) is 12.5. The number of nitrogens with one attached hydrogen (secondary N) is 2. The normalized spacial score (nSPS) is 16.2. The maximum atomic E-state index is 8.23. The third-order valence-electron chi connectivity index (χ3n) is 5.03. The summed E-state index contributed by atoms with van der Waals surface area (Å²) in [7, 11) is 2.10. The van der Waals surface area contributed by atoms with Crippen molar-refractivity contribution in [2.24, 2.45) is 11.8 Å². The Labute approximate surface area is 173 Å². The molecule has 0 heterocycles. The third-order valence-corrected chi connectivity index (χ3v) is 5.03. The standard InChI is InChI=1S/C24H43N3O/c1-11-12-13-19(5)24(25)23(9)28-21(7)14-20(6)22(8)26-15-18(4)16-27(10)17(2)3/h11-12,14,16-17,19-20,22,25-26H,9,13,15H2,1-8,10H3. The van der Waals surface area contributed by atoms with Gasteiger partial charge in [0.1, 0.15) is 5.76 Å². The Hall–Kier alpha value is -1.81. The Morgan fingerprint density at radius 2 is 1.79 bits per heavy atom. The van der Waals surface area contributed by atoms with E-state index in [0.717, 1.165) is 18.7 Å². The lowest BCUT2D eigenvalue weighted by molar-refractivity contribution is 0.319. The maximum absolute atomic E-state index is 8.23. The molecule has 3 atom stereocenters. The Morgan fingerprint density at radius 1 is 1.18 bits per heavy atom. The zero-order valence-corrected chi connectivity index (χ0v) is 19.6. The van der Waals surface area contributed by atoms with Gasteiger partial charge in [0.05, 0.1) is 11.5 Å². The molecule has 4 nitrogen and oxygen atoms in total. The fraction of sp³-hybridized carbons (Fsp3) is 0.625. The average molecular weight is 390 g/mol. The molecule has 0 aliphatic carbocycles. The predicted molar refractivity (Wildman–Crippen MR) is 124 cm³/mol. The summed E-state index contributed by atoms with van der Waals surface area (Å²) >= 11 is 0. The van der Waals surface area contributed by atoms with E-state index >= 15 is 0 Å². The Balaban J connectivity index is 4.63. The van der Waals surface area contributed by atoms with E-state index < -0.39 is 0 Å². The second-order valence-corrected chi connectivity index (χ2v) is 8.19. The number of rotatable bonds is 13. The van der Waals surface area contributed by atoms with Crippen LogP contribution in [0.2, 0.25) is 0 Å². The van der Waals surface area contributed by atoms with E-state index in [9.17, 15) is 0 Å². The van der Waals surface area contributed by atoms with Crippen LogP contribution >= 0.6 is 0 Å². The van der Waals surface area contributed by atoms with Crippen molar-refractivity contribution in [2.75, 3.05) is 13.6 Å². The summed E-state index contributed by atoms with van der Waals surface area (Å²) in [6.07, 6.45) is 9.21. The van der Waals surface area contributed by atoms with Gasteiger partial charge >= 0.3 is 0 Å². The van der Waals surface area contributed by atoms with Gasteiger partial charge in [0, 0.05) is 31.6 Å². The summed E-state index contributed by atoms with van der Waals surface area (Å²) in [6.45, 7) is 21.6. The van der Waals surface area contributed by atoms with Crippen LogP contribution in [0.1, 0.15) is 61.8 Å². The van der Waals surface area contributed by atoms with Crippen LogP contribution in [0.15, 0.2) is 48.1 Å². The number of nitrogens with zero attached hydrogens (tertiary/aromatic N) is 1. The van der Waals surface area contributed by atoms with Crippen LogP contribution in [0.5, 0.6) is 0 Å². The summed E-state index contributed by atoms with van der Waals surface area (Å²) in [4.78, 5) is 2.22. The quantitative estimate of drug-likeness (QED) is 0.234. The molecule has 0 aromatic rings. The fourth-order valence-corrected chi connectivity index (χ4v) is 2.58. The molecule has 0 rings (SSSR count). The predicted octanol–water partition coefficient (Wildman–Crippen LogP) is 5.90. The third kappa shape index (κ3) is 10.5. The fourth-order valence-electron chi connectivity index (χ4n) is 2.58. The summed E-state index contributed by atoms with van der Waals surface area (Å²) in [5, 5.41) is 11.8. The van der Waals surface area contributed by atoms with Crippen LogP contribution in [0.25, 0.3) is 0 Å². The highest BCUT2D eigenvalue weighted by molar-refractivity contribution is 5.97. The minimum absolute atomic E-state index is 0.105. The number of hydrogen-bond donors (Lipinski definition) is 2. The summed E-state index contributed by atoms with van der Waals surface area (Å²) in [5.74, 6) is 1.64. The van der Waals surface area contributed by atoms with E-state index in [1.54, 1.807) is 0 Å². The largest absolute Gasteiger partial charge is 0.461 e. The molecular weight excluding hydrogens is 346 g/mol. The highest BCUT2D eigenvalue weighted by atomic mass is 16.5. The van der Waals surface area contributed by atoms with Crippen molar-refractivity contribution in [2.45, 2.75) is 73.9 Å². The zero-order chi connectivity index (χ0) is 21.9. The van der Waals surface area contributed by atoms with Crippen molar-refractivity contribution in [1.82, 2.24) is 10.2 Å². The van der Waals surface area contributed by atoms with Gasteiger partial charge < -0.3 is 20.4 Å². The molecule has 0 fully saturated rings. The highest BCUT2D eigenvalue weighted by Gasteiger charge is 2.14. The van der Waals surface area contributed by atoms with Gasteiger partial charge in [0.25, 0.3) is 0 Å². The van der Waals surface area contributed by atoms with Crippen molar-refractivity contribution in [3.63, 3.8) is 0 Å².